The molecule has 0 fully saturated rings. The van der Waals surface area contributed by atoms with Crippen LogP contribution in [0.2, 0.25) is 0 Å². The van der Waals surface area contributed by atoms with Gasteiger partial charge in [0.05, 0.1) is 19.0 Å². The molecule has 0 unspecified atom stereocenters. The summed E-state index contributed by atoms with van der Waals surface area (Å²) < 4.78 is 32.6. The molecule has 90 valence electrons. The Balaban J connectivity index is 2.72. The van der Waals surface area contributed by atoms with Crippen molar-refractivity contribution < 1.29 is 13.2 Å². The summed E-state index contributed by atoms with van der Waals surface area (Å²) in [5.74, 6) is 0.430. The Morgan fingerprint density at radius 3 is 2.50 bits per heavy atom. The lowest BCUT2D eigenvalue weighted by Gasteiger charge is -2.11. The number of rotatable bonds is 5. The zero-order valence-corrected chi connectivity index (χ0v) is 10.2. The molecule has 0 aliphatic heterocycles. The van der Waals surface area contributed by atoms with E-state index in [-0.39, 0.29) is 6.04 Å². The number of hydrogen-bond acceptors (Lipinski definition) is 4. The number of aromatic nitrogens is 1. The van der Waals surface area contributed by atoms with Crippen LogP contribution >= 0.6 is 0 Å². The van der Waals surface area contributed by atoms with Crippen LogP contribution in [0.4, 0.5) is 5.69 Å². The van der Waals surface area contributed by atoms with Crippen molar-refractivity contribution in [3.05, 3.63) is 18.3 Å². The minimum absolute atomic E-state index is 0.163. The highest BCUT2D eigenvalue weighted by atomic mass is 32.2. The third-order valence-corrected chi connectivity index (χ3v) is 2.87. The lowest BCUT2D eigenvalue weighted by Crippen LogP contribution is -2.35. The van der Waals surface area contributed by atoms with Gasteiger partial charge in [0.1, 0.15) is 0 Å². The quantitative estimate of drug-likeness (QED) is 0.802. The van der Waals surface area contributed by atoms with Crippen LogP contribution in [0.15, 0.2) is 18.3 Å². The number of methoxy groups -OCH3 is 1. The Hall–Kier alpha value is -1.34. The van der Waals surface area contributed by atoms with Crippen LogP contribution in [-0.4, -0.2) is 26.6 Å². The van der Waals surface area contributed by atoms with Crippen LogP contribution in [0, 0.1) is 0 Å². The van der Waals surface area contributed by atoms with Gasteiger partial charge in [-0.1, -0.05) is 0 Å². The van der Waals surface area contributed by atoms with E-state index in [1.807, 2.05) is 0 Å². The van der Waals surface area contributed by atoms with Gasteiger partial charge in [-0.05, 0) is 19.9 Å². The van der Waals surface area contributed by atoms with Crippen LogP contribution in [0.5, 0.6) is 5.88 Å². The lowest BCUT2D eigenvalue weighted by molar-refractivity contribution is 0.398. The maximum Gasteiger partial charge on any atom is 0.299 e. The summed E-state index contributed by atoms with van der Waals surface area (Å²) in [6.45, 7) is 3.48. The molecule has 0 bridgehead atoms. The number of anilines is 1. The Kier molecular flexibility index (Phi) is 4.08. The molecule has 0 radical (unpaired) electrons. The zero-order valence-electron chi connectivity index (χ0n) is 9.39. The molecule has 0 aromatic carbocycles. The van der Waals surface area contributed by atoms with Gasteiger partial charge >= 0.3 is 0 Å². The molecule has 1 aromatic heterocycles. The SMILES string of the molecule is COc1ccc(NS(=O)(=O)NC(C)C)cn1. The average Bonchev–Trinajstić information content (AvgIpc) is 2.16. The number of hydrogen-bond donors (Lipinski definition) is 2. The summed E-state index contributed by atoms with van der Waals surface area (Å²) in [6.07, 6.45) is 1.39. The molecule has 0 amide bonds. The van der Waals surface area contributed by atoms with Crippen LogP contribution in [0.1, 0.15) is 13.8 Å². The first kappa shape index (κ1) is 12.7. The van der Waals surface area contributed by atoms with Crippen molar-refractivity contribution in [2.24, 2.45) is 0 Å². The Labute approximate surface area is 95.2 Å². The predicted molar refractivity (Wildman–Crippen MR) is 61.6 cm³/mol. The second-order valence-electron chi connectivity index (χ2n) is 3.47. The van der Waals surface area contributed by atoms with Gasteiger partial charge in [-0.25, -0.2) is 4.98 Å². The molecule has 0 aliphatic carbocycles. The van der Waals surface area contributed by atoms with Crippen molar-refractivity contribution in [2.75, 3.05) is 11.8 Å². The molecule has 1 heterocycles. The molecular weight excluding hydrogens is 230 g/mol. The summed E-state index contributed by atoms with van der Waals surface area (Å²) in [5.41, 5.74) is 0.383. The van der Waals surface area contributed by atoms with Crippen molar-refractivity contribution >= 4 is 15.9 Å². The lowest BCUT2D eigenvalue weighted by atomic mass is 10.4. The molecule has 0 saturated carbocycles. The summed E-state index contributed by atoms with van der Waals surface area (Å²) in [7, 11) is -2.04. The summed E-state index contributed by atoms with van der Waals surface area (Å²) in [4.78, 5) is 3.88. The molecule has 7 heteroatoms. The molecule has 0 saturated heterocycles. The van der Waals surface area contributed by atoms with E-state index in [9.17, 15) is 8.42 Å². The second-order valence-corrected chi connectivity index (χ2v) is 4.91. The van der Waals surface area contributed by atoms with Crippen LogP contribution in [0.25, 0.3) is 0 Å². The summed E-state index contributed by atoms with van der Waals surface area (Å²) >= 11 is 0. The van der Waals surface area contributed by atoms with Gasteiger partial charge in [-0.3, -0.25) is 4.72 Å². The van der Waals surface area contributed by atoms with E-state index >= 15 is 0 Å². The molecule has 6 nitrogen and oxygen atoms in total. The fraction of sp³-hybridized carbons (Fsp3) is 0.444. The van der Waals surface area contributed by atoms with Crippen LogP contribution in [0.3, 0.4) is 0 Å². The van der Waals surface area contributed by atoms with Crippen molar-refractivity contribution in [1.29, 1.82) is 0 Å². The van der Waals surface area contributed by atoms with Gasteiger partial charge in [-0.15, -0.1) is 0 Å². The third-order valence-electron chi connectivity index (χ3n) is 1.59. The van der Waals surface area contributed by atoms with E-state index in [0.29, 0.717) is 11.6 Å². The Morgan fingerprint density at radius 2 is 2.06 bits per heavy atom. The minimum atomic E-state index is -3.53. The first-order valence-electron chi connectivity index (χ1n) is 4.73. The van der Waals surface area contributed by atoms with Crippen molar-refractivity contribution in [1.82, 2.24) is 9.71 Å². The molecule has 0 spiro atoms. The van der Waals surface area contributed by atoms with E-state index in [1.54, 1.807) is 26.0 Å². The molecule has 0 aliphatic rings. The van der Waals surface area contributed by atoms with Gasteiger partial charge in [0.2, 0.25) is 5.88 Å². The Bertz CT molecular complexity index is 428. The van der Waals surface area contributed by atoms with E-state index in [0.717, 1.165) is 0 Å². The maximum absolute atomic E-state index is 11.5. The fourth-order valence-corrected chi connectivity index (χ4v) is 2.17. The van der Waals surface area contributed by atoms with Crippen LogP contribution < -0.4 is 14.2 Å². The van der Waals surface area contributed by atoms with Crippen molar-refractivity contribution in [3.8, 4) is 5.88 Å². The van der Waals surface area contributed by atoms with Gasteiger partial charge in [0.25, 0.3) is 10.2 Å². The summed E-state index contributed by atoms with van der Waals surface area (Å²) in [5, 5.41) is 0. The van der Waals surface area contributed by atoms with E-state index < -0.39 is 10.2 Å². The third kappa shape index (κ3) is 4.03. The molecule has 16 heavy (non-hydrogen) atoms. The zero-order chi connectivity index (χ0) is 12.2. The number of pyridine rings is 1. The summed E-state index contributed by atoms with van der Waals surface area (Å²) in [6, 6.07) is 2.99. The standard InChI is InChI=1S/C9H15N3O3S/c1-7(2)11-16(13,14)12-8-4-5-9(15-3)10-6-8/h4-7,11-12H,1-3H3. The first-order chi connectivity index (χ1) is 7.43. The van der Waals surface area contributed by atoms with Gasteiger partial charge < -0.3 is 4.74 Å². The number of ether oxygens (including phenoxy) is 1. The highest BCUT2D eigenvalue weighted by molar-refractivity contribution is 7.90. The largest absolute Gasteiger partial charge is 0.481 e. The van der Waals surface area contributed by atoms with Crippen LogP contribution in [-0.2, 0) is 10.2 Å². The second kappa shape index (κ2) is 5.13. The molecule has 1 rings (SSSR count). The highest BCUT2D eigenvalue weighted by Crippen LogP contribution is 2.11. The predicted octanol–water partition coefficient (Wildman–Crippen LogP) is 0.745. The normalized spacial score (nSPS) is 11.5. The first-order valence-corrected chi connectivity index (χ1v) is 6.21. The van der Waals surface area contributed by atoms with Crippen molar-refractivity contribution in [2.45, 2.75) is 19.9 Å². The molecule has 0 atom stereocenters. The molecular formula is C9H15N3O3S. The van der Waals surface area contributed by atoms with E-state index in [1.165, 1.54) is 13.3 Å². The molecule has 2 N–H and O–H groups in total. The van der Waals surface area contributed by atoms with Gasteiger partial charge in [0, 0.05) is 12.1 Å². The van der Waals surface area contributed by atoms with E-state index in [4.69, 9.17) is 4.74 Å². The minimum Gasteiger partial charge on any atom is -0.481 e. The topological polar surface area (TPSA) is 80.3 Å². The number of nitrogens with one attached hydrogen (secondary N) is 2. The van der Waals surface area contributed by atoms with E-state index in [2.05, 4.69) is 14.4 Å². The molecule has 1 aromatic rings. The number of nitrogens with zero attached hydrogens (tertiary/aromatic N) is 1. The average molecular weight is 245 g/mol. The van der Waals surface area contributed by atoms with Crippen molar-refractivity contribution in [3.63, 3.8) is 0 Å². The van der Waals surface area contributed by atoms with Gasteiger partial charge in [-0.2, -0.15) is 13.1 Å². The smallest absolute Gasteiger partial charge is 0.299 e. The fourth-order valence-electron chi connectivity index (χ4n) is 1.06. The Morgan fingerprint density at radius 1 is 1.38 bits per heavy atom. The highest BCUT2D eigenvalue weighted by Gasteiger charge is 2.11. The maximum atomic E-state index is 11.5. The monoisotopic (exact) mass is 245 g/mol. The van der Waals surface area contributed by atoms with Gasteiger partial charge in [0.15, 0.2) is 0 Å².